The molecule has 7 atom stereocenters. The molecule has 0 aromatic heterocycles. The second-order valence-electron chi connectivity index (χ2n) is 9.35. The third-order valence-corrected chi connectivity index (χ3v) is 8.52. The zero-order valence-corrected chi connectivity index (χ0v) is 15.0. The third-order valence-electron chi connectivity index (χ3n) is 8.52. The summed E-state index contributed by atoms with van der Waals surface area (Å²) in [5.74, 6) is 2.77. The maximum absolute atomic E-state index is 12.5. The first-order valence-electron chi connectivity index (χ1n) is 9.82. The van der Waals surface area contributed by atoms with Crippen molar-refractivity contribution >= 4 is 5.78 Å². The number of carbonyl (C=O) groups excluding carboxylic acids is 1. The molecule has 4 aliphatic rings. The van der Waals surface area contributed by atoms with Crippen LogP contribution in [0.15, 0.2) is 11.6 Å². The largest absolute Gasteiger partial charge is 0.385 e. The van der Waals surface area contributed by atoms with Gasteiger partial charge in [0.05, 0.1) is 0 Å². The van der Waals surface area contributed by atoms with Crippen LogP contribution in [0.3, 0.4) is 0 Å². The Morgan fingerprint density at radius 2 is 1.91 bits per heavy atom. The molecule has 4 rings (SSSR count). The van der Waals surface area contributed by atoms with Crippen molar-refractivity contribution in [2.75, 3.05) is 0 Å². The number of fused-ring (bicyclic) bond motifs is 5. The first-order chi connectivity index (χ1) is 10.9. The van der Waals surface area contributed by atoms with Gasteiger partial charge in [-0.25, -0.2) is 0 Å². The number of allylic oxidation sites excluding steroid dienone is 2. The number of aliphatic hydroxyl groups is 1. The van der Waals surface area contributed by atoms with Gasteiger partial charge >= 0.3 is 0 Å². The fourth-order valence-corrected chi connectivity index (χ4v) is 6.87. The highest BCUT2D eigenvalue weighted by Gasteiger charge is 2.60. The van der Waals surface area contributed by atoms with Crippen LogP contribution in [0.4, 0.5) is 0 Å². The van der Waals surface area contributed by atoms with Crippen molar-refractivity contribution in [1.82, 2.24) is 0 Å². The van der Waals surface area contributed by atoms with Crippen molar-refractivity contribution in [3.8, 4) is 0 Å². The average molecular weight is 316 g/mol. The molecule has 3 fully saturated rings. The Balaban J connectivity index is 1.66. The lowest BCUT2D eigenvalue weighted by Crippen LogP contribution is -2.50. The molecule has 0 aliphatic heterocycles. The van der Waals surface area contributed by atoms with E-state index in [2.05, 4.69) is 26.8 Å². The van der Waals surface area contributed by atoms with Gasteiger partial charge < -0.3 is 5.11 Å². The molecule has 0 heterocycles. The average Bonchev–Trinajstić information content (AvgIpc) is 2.78. The molecule has 0 saturated heterocycles. The highest BCUT2D eigenvalue weighted by Crippen LogP contribution is 2.64. The lowest BCUT2D eigenvalue weighted by atomic mass is 9.47. The van der Waals surface area contributed by atoms with Crippen molar-refractivity contribution < 1.29 is 9.90 Å². The van der Waals surface area contributed by atoms with E-state index < -0.39 is 6.10 Å². The molecule has 0 aromatic carbocycles. The molecule has 2 nitrogen and oxygen atoms in total. The second kappa shape index (κ2) is 5.18. The van der Waals surface area contributed by atoms with Gasteiger partial charge in [0, 0.05) is 5.41 Å². The van der Waals surface area contributed by atoms with Gasteiger partial charge in [-0.15, -0.1) is 0 Å². The van der Waals surface area contributed by atoms with Crippen LogP contribution < -0.4 is 0 Å². The van der Waals surface area contributed by atoms with Crippen molar-refractivity contribution in [3.05, 3.63) is 11.6 Å². The van der Waals surface area contributed by atoms with Crippen LogP contribution in [-0.4, -0.2) is 17.0 Å². The van der Waals surface area contributed by atoms with E-state index in [1.807, 2.05) is 0 Å². The van der Waals surface area contributed by atoms with Crippen LogP contribution >= 0.6 is 0 Å². The van der Waals surface area contributed by atoms with Gasteiger partial charge in [-0.05, 0) is 74.0 Å². The minimum Gasteiger partial charge on any atom is -0.385 e. The fourth-order valence-electron chi connectivity index (χ4n) is 6.87. The summed E-state index contributed by atoms with van der Waals surface area (Å²) in [6, 6.07) is 0. The first kappa shape index (κ1) is 15.9. The smallest absolute Gasteiger partial charge is 0.167 e. The second-order valence-corrected chi connectivity index (χ2v) is 9.35. The zero-order valence-electron chi connectivity index (χ0n) is 15.0. The number of hydrogen-bond donors (Lipinski definition) is 1. The minimum atomic E-state index is -0.697. The zero-order chi connectivity index (χ0) is 16.4. The molecular formula is C21H32O2. The molecule has 23 heavy (non-hydrogen) atoms. The quantitative estimate of drug-likeness (QED) is 0.722. The molecule has 2 unspecified atom stereocenters. The van der Waals surface area contributed by atoms with Gasteiger partial charge in [-0.2, -0.15) is 0 Å². The van der Waals surface area contributed by atoms with Gasteiger partial charge in [0.25, 0.3) is 0 Å². The molecule has 0 radical (unpaired) electrons. The number of hydrogen-bond acceptors (Lipinski definition) is 2. The Morgan fingerprint density at radius 1 is 1.17 bits per heavy atom. The first-order valence-corrected chi connectivity index (χ1v) is 9.82. The van der Waals surface area contributed by atoms with Gasteiger partial charge in [0.2, 0.25) is 0 Å². The van der Waals surface area contributed by atoms with Gasteiger partial charge in [0.15, 0.2) is 5.78 Å². The molecule has 128 valence electrons. The summed E-state index contributed by atoms with van der Waals surface area (Å²) in [6.45, 7) is 6.98. The predicted octanol–water partition coefficient (Wildman–Crippen LogP) is 4.52. The Hall–Kier alpha value is -0.630. The normalized spacial score (nSPS) is 52.4. The Kier molecular flexibility index (Phi) is 3.58. The third kappa shape index (κ3) is 2.06. The summed E-state index contributed by atoms with van der Waals surface area (Å²) in [7, 11) is 0. The summed E-state index contributed by atoms with van der Waals surface area (Å²) in [6.07, 6.45) is 11.2. The maximum Gasteiger partial charge on any atom is 0.167 e. The molecule has 0 bridgehead atoms. The van der Waals surface area contributed by atoms with Crippen molar-refractivity contribution in [2.45, 2.75) is 78.2 Å². The van der Waals surface area contributed by atoms with Crippen molar-refractivity contribution in [2.24, 2.45) is 34.5 Å². The standard InChI is InChI=1S/C21H32O2/c1-4-13-7-9-20(2)14(11-13)5-6-15-16(20)8-10-21(3)17(15)12-18(22)19(21)23/h5,13,15-18,22H,4,6-12H2,1-3H3/t13?,15-,16-,17+,18?,20+,21+/m1/s1. The van der Waals surface area contributed by atoms with E-state index >= 15 is 0 Å². The topological polar surface area (TPSA) is 37.3 Å². The van der Waals surface area contributed by atoms with Crippen molar-refractivity contribution in [3.63, 3.8) is 0 Å². The van der Waals surface area contributed by atoms with Crippen LogP contribution in [0.5, 0.6) is 0 Å². The van der Waals surface area contributed by atoms with Gasteiger partial charge in [-0.3, -0.25) is 4.79 Å². The predicted molar refractivity (Wildman–Crippen MR) is 91.9 cm³/mol. The summed E-state index contributed by atoms with van der Waals surface area (Å²) >= 11 is 0. The maximum atomic E-state index is 12.5. The summed E-state index contributed by atoms with van der Waals surface area (Å²) in [4.78, 5) is 12.5. The molecule has 4 aliphatic carbocycles. The van der Waals surface area contributed by atoms with Gasteiger partial charge in [0.1, 0.15) is 6.10 Å². The van der Waals surface area contributed by atoms with Crippen LogP contribution in [0.25, 0.3) is 0 Å². The molecule has 0 amide bonds. The molecular weight excluding hydrogens is 284 g/mol. The van der Waals surface area contributed by atoms with E-state index in [1.165, 1.54) is 32.1 Å². The van der Waals surface area contributed by atoms with Crippen LogP contribution in [0.1, 0.15) is 72.1 Å². The fraction of sp³-hybridized carbons (Fsp3) is 0.857. The molecule has 3 saturated carbocycles. The molecule has 1 N–H and O–H groups in total. The summed E-state index contributed by atoms with van der Waals surface area (Å²) < 4.78 is 0. The van der Waals surface area contributed by atoms with Crippen LogP contribution in [-0.2, 0) is 4.79 Å². The Morgan fingerprint density at radius 3 is 2.65 bits per heavy atom. The number of rotatable bonds is 1. The number of carbonyl (C=O) groups is 1. The van der Waals surface area contributed by atoms with E-state index in [1.54, 1.807) is 5.57 Å². The molecule has 0 aromatic rings. The summed E-state index contributed by atoms with van der Waals surface area (Å²) in [5.41, 5.74) is 1.85. The SMILES string of the molecule is CCC1CC[C@@]2(C)C(=CC[C@@H]3[C@H]2CC[C@]2(C)C(=O)C(O)C[C@@H]32)C1. The number of Topliss-reactive ketones (excluding diaryl/α,β-unsaturated/α-hetero) is 1. The number of ketones is 1. The van der Waals surface area contributed by atoms with E-state index in [0.29, 0.717) is 23.7 Å². The van der Waals surface area contributed by atoms with Crippen molar-refractivity contribution in [1.29, 1.82) is 0 Å². The van der Waals surface area contributed by atoms with Crippen LogP contribution in [0.2, 0.25) is 0 Å². The van der Waals surface area contributed by atoms with E-state index in [9.17, 15) is 9.90 Å². The monoisotopic (exact) mass is 316 g/mol. The Labute approximate surface area is 140 Å². The van der Waals surface area contributed by atoms with E-state index in [4.69, 9.17) is 0 Å². The molecule has 2 heteroatoms. The number of aliphatic hydroxyl groups excluding tert-OH is 1. The van der Waals surface area contributed by atoms with Crippen LogP contribution in [0, 0.1) is 34.5 Å². The van der Waals surface area contributed by atoms with Gasteiger partial charge in [-0.1, -0.05) is 38.8 Å². The van der Waals surface area contributed by atoms with E-state index in [0.717, 1.165) is 24.7 Å². The highest BCUT2D eigenvalue weighted by atomic mass is 16.3. The highest BCUT2D eigenvalue weighted by molar-refractivity contribution is 5.91. The molecule has 0 spiro atoms. The lowest BCUT2D eigenvalue weighted by Gasteiger charge is -2.57. The van der Waals surface area contributed by atoms with E-state index in [-0.39, 0.29) is 11.2 Å². The Bertz CT molecular complexity index is 550. The summed E-state index contributed by atoms with van der Waals surface area (Å²) in [5, 5.41) is 10.2. The lowest BCUT2D eigenvalue weighted by molar-refractivity contribution is -0.136. The minimum absolute atomic E-state index is 0.135.